The first kappa shape index (κ1) is 9.80. The van der Waals surface area contributed by atoms with Gasteiger partial charge in [-0.15, -0.1) is 11.8 Å². The highest BCUT2D eigenvalue weighted by Gasteiger charge is 2.19. The lowest BCUT2D eigenvalue weighted by Crippen LogP contribution is -2.31. The predicted molar refractivity (Wildman–Crippen MR) is 47.8 cm³/mol. The van der Waals surface area contributed by atoms with E-state index in [1.807, 2.05) is 0 Å². The van der Waals surface area contributed by atoms with E-state index in [1.54, 1.807) is 6.26 Å². The zero-order chi connectivity index (χ0) is 9.14. The molecule has 6 heteroatoms. The fourth-order valence-corrected chi connectivity index (χ4v) is 1.48. The van der Waals surface area contributed by atoms with Crippen LogP contribution in [0.1, 0.15) is 0 Å². The number of hydrogen-bond acceptors (Lipinski definition) is 3. The lowest BCUT2D eigenvalue weighted by atomic mass is 10.4. The van der Waals surface area contributed by atoms with Crippen LogP contribution in [0.4, 0.5) is 8.78 Å². The van der Waals surface area contributed by atoms with Crippen LogP contribution in [-0.2, 0) is 0 Å². The first-order valence-electron chi connectivity index (χ1n) is 3.16. The molecule has 0 aromatic carbocycles. The molecule has 1 aliphatic rings. The molecule has 0 aromatic heterocycles. The van der Waals surface area contributed by atoms with E-state index >= 15 is 0 Å². The van der Waals surface area contributed by atoms with Gasteiger partial charge in [-0.25, -0.2) is 13.8 Å². The summed E-state index contributed by atoms with van der Waals surface area (Å²) in [7, 11) is 0. The third-order valence-electron chi connectivity index (χ3n) is 1.26. The van der Waals surface area contributed by atoms with Crippen LogP contribution < -0.4 is 5.32 Å². The van der Waals surface area contributed by atoms with E-state index < -0.39 is 11.9 Å². The van der Waals surface area contributed by atoms with Gasteiger partial charge in [0, 0.05) is 0 Å². The highest BCUT2D eigenvalue weighted by Crippen LogP contribution is 2.17. The quantitative estimate of drug-likeness (QED) is 0.758. The minimum Gasteiger partial charge on any atom is -0.354 e. The summed E-state index contributed by atoms with van der Waals surface area (Å²) in [6, 6.07) is 0. The SMILES string of the molecule is CSC1N=C(Cl)C=C(C(F)F)N1. The maximum absolute atomic E-state index is 12.1. The van der Waals surface area contributed by atoms with Crippen LogP contribution in [-0.4, -0.2) is 23.3 Å². The van der Waals surface area contributed by atoms with Crippen LogP contribution in [0.5, 0.6) is 0 Å². The summed E-state index contributed by atoms with van der Waals surface area (Å²) in [4.78, 5) is 3.86. The molecule has 68 valence electrons. The van der Waals surface area contributed by atoms with E-state index in [4.69, 9.17) is 11.6 Å². The van der Waals surface area contributed by atoms with Gasteiger partial charge >= 0.3 is 0 Å². The van der Waals surface area contributed by atoms with Gasteiger partial charge in [-0.05, 0) is 12.3 Å². The van der Waals surface area contributed by atoms with Crippen LogP contribution in [0.15, 0.2) is 16.8 Å². The summed E-state index contributed by atoms with van der Waals surface area (Å²) in [5.74, 6) is 0. The van der Waals surface area contributed by atoms with Crippen LogP contribution in [0.25, 0.3) is 0 Å². The molecule has 1 rings (SSSR count). The molecule has 2 nitrogen and oxygen atoms in total. The molecule has 0 fully saturated rings. The molecule has 1 N–H and O–H groups in total. The van der Waals surface area contributed by atoms with E-state index in [-0.39, 0.29) is 10.9 Å². The van der Waals surface area contributed by atoms with E-state index in [0.29, 0.717) is 0 Å². The van der Waals surface area contributed by atoms with Gasteiger partial charge in [0.05, 0.1) is 5.70 Å². The summed E-state index contributed by atoms with van der Waals surface area (Å²) in [5.41, 5.74) is -0.569. The smallest absolute Gasteiger partial charge is 0.278 e. The Bertz CT molecular complexity index is 230. The molecule has 0 radical (unpaired) electrons. The number of nitrogens with zero attached hydrogens (tertiary/aromatic N) is 1. The summed E-state index contributed by atoms with van der Waals surface area (Å²) in [6.45, 7) is 0. The normalized spacial score (nSPS) is 23.2. The van der Waals surface area contributed by atoms with Crippen molar-refractivity contribution in [2.75, 3.05) is 6.26 Å². The Balaban J connectivity index is 2.73. The molecular formula is C6H7ClF2N2S. The highest BCUT2D eigenvalue weighted by molar-refractivity contribution is 7.99. The zero-order valence-corrected chi connectivity index (χ0v) is 7.79. The van der Waals surface area contributed by atoms with Crippen molar-refractivity contribution >= 4 is 28.5 Å². The number of hydrogen-bond donors (Lipinski definition) is 1. The topological polar surface area (TPSA) is 24.4 Å². The molecule has 1 atom stereocenters. The third kappa shape index (κ3) is 2.35. The number of allylic oxidation sites excluding steroid dienone is 2. The monoisotopic (exact) mass is 212 g/mol. The van der Waals surface area contributed by atoms with Crippen molar-refractivity contribution < 1.29 is 8.78 Å². The largest absolute Gasteiger partial charge is 0.354 e. The fourth-order valence-electron chi connectivity index (χ4n) is 0.732. The van der Waals surface area contributed by atoms with Crippen molar-refractivity contribution in [2.45, 2.75) is 11.9 Å². The van der Waals surface area contributed by atoms with Crippen LogP contribution in [0, 0.1) is 0 Å². The van der Waals surface area contributed by atoms with Crippen molar-refractivity contribution in [3.8, 4) is 0 Å². The lowest BCUT2D eigenvalue weighted by Gasteiger charge is -2.19. The number of rotatable bonds is 2. The first-order valence-corrected chi connectivity index (χ1v) is 4.82. The zero-order valence-electron chi connectivity index (χ0n) is 6.22. The van der Waals surface area contributed by atoms with Crippen LogP contribution in [0.2, 0.25) is 0 Å². The van der Waals surface area contributed by atoms with Gasteiger partial charge in [0.25, 0.3) is 6.43 Å². The lowest BCUT2D eigenvalue weighted by molar-refractivity contribution is 0.179. The van der Waals surface area contributed by atoms with Gasteiger partial charge in [-0.3, -0.25) is 0 Å². The second-order valence-electron chi connectivity index (χ2n) is 2.08. The Morgan fingerprint density at radius 2 is 2.42 bits per heavy atom. The number of aliphatic imine (C=N–C) groups is 1. The minimum absolute atomic E-state index is 0.114. The number of thioether (sulfide) groups is 1. The Hall–Kier alpha value is -0.290. The number of nitrogens with one attached hydrogen (secondary N) is 1. The fraction of sp³-hybridized carbons (Fsp3) is 0.500. The van der Waals surface area contributed by atoms with Gasteiger partial charge < -0.3 is 5.32 Å². The molecule has 0 amide bonds. The standard InChI is InChI=1S/C6H7ClF2N2S/c1-12-6-10-3(5(8)9)2-4(7)11-6/h2,5-6,10H,1H3. The maximum atomic E-state index is 12.1. The average Bonchev–Trinajstić information content (AvgIpc) is 2.03. The molecule has 0 spiro atoms. The van der Waals surface area contributed by atoms with E-state index in [2.05, 4.69) is 10.3 Å². The minimum atomic E-state index is -2.52. The Labute approximate surface area is 78.1 Å². The van der Waals surface area contributed by atoms with Crippen molar-refractivity contribution in [3.63, 3.8) is 0 Å². The van der Waals surface area contributed by atoms with E-state index in [1.165, 1.54) is 11.8 Å². The summed E-state index contributed by atoms with van der Waals surface area (Å²) in [6.07, 6.45) is 0.377. The molecule has 0 saturated heterocycles. The first-order chi connectivity index (χ1) is 5.63. The van der Waals surface area contributed by atoms with E-state index in [9.17, 15) is 8.78 Å². The molecule has 0 saturated carbocycles. The van der Waals surface area contributed by atoms with Gasteiger partial charge in [0.1, 0.15) is 5.17 Å². The second-order valence-corrected chi connectivity index (χ2v) is 3.39. The predicted octanol–water partition coefficient (Wildman–Crippen LogP) is 2.02. The molecule has 1 aliphatic heterocycles. The Kier molecular flexibility index (Phi) is 3.34. The number of alkyl halides is 2. The van der Waals surface area contributed by atoms with Gasteiger partial charge in [0.15, 0.2) is 5.50 Å². The summed E-state index contributed by atoms with van der Waals surface area (Å²) < 4.78 is 24.3. The molecule has 0 aliphatic carbocycles. The highest BCUT2D eigenvalue weighted by atomic mass is 35.5. The van der Waals surface area contributed by atoms with Gasteiger partial charge in [-0.2, -0.15) is 0 Å². The molecule has 1 unspecified atom stereocenters. The van der Waals surface area contributed by atoms with Gasteiger partial charge in [0.2, 0.25) is 0 Å². The van der Waals surface area contributed by atoms with Crippen LogP contribution >= 0.6 is 23.4 Å². The maximum Gasteiger partial charge on any atom is 0.278 e. The van der Waals surface area contributed by atoms with Crippen molar-refractivity contribution in [2.24, 2.45) is 4.99 Å². The Morgan fingerprint density at radius 1 is 1.75 bits per heavy atom. The average molecular weight is 213 g/mol. The van der Waals surface area contributed by atoms with Gasteiger partial charge in [-0.1, -0.05) is 11.6 Å². The molecule has 12 heavy (non-hydrogen) atoms. The third-order valence-corrected chi connectivity index (χ3v) is 2.14. The van der Waals surface area contributed by atoms with Crippen molar-refractivity contribution in [3.05, 3.63) is 11.8 Å². The molecule has 1 heterocycles. The van der Waals surface area contributed by atoms with Crippen molar-refractivity contribution in [1.82, 2.24) is 5.32 Å². The number of halogens is 3. The molecule has 0 bridgehead atoms. The summed E-state index contributed by atoms with van der Waals surface area (Å²) in [5, 5.41) is 2.65. The van der Waals surface area contributed by atoms with Crippen molar-refractivity contribution in [1.29, 1.82) is 0 Å². The van der Waals surface area contributed by atoms with E-state index in [0.717, 1.165) is 6.08 Å². The molecule has 0 aromatic rings. The summed E-state index contributed by atoms with van der Waals surface area (Å²) >= 11 is 6.83. The Morgan fingerprint density at radius 3 is 2.92 bits per heavy atom. The molecular weight excluding hydrogens is 206 g/mol. The second kappa shape index (κ2) is 4.09. The van der Waals surface area contributed by atoms with Crippen LogP contribution in [0.3, 0.4) is 0 Å².